The Kier molecular flexibility index (Phi) is 5.39. The fraction of sp³-hybridized carbons (Fsp3) is 0.200. The molecule has 1 aromatic carbocycles. The maximum Gasteiger partial charge on any atom is 0.321 e. The molecule has 0 fully saturated rings. The average molecular weight is 378 g/mol. The number of nitrogens with one attached hydrogen (secondary N) is 2. The van der Waals surface area contributed by atoms with E-state index in [2.05, 4.69) is 33.6 Å². The molecule has 1 unspecified atom stereocenters. The number of carbonyl (C=O) groups is 2. The summed E-state index contributed by atoms with van der Waals surface area (Å²) in [5, 5.41) is 6.51. The number of carbonyl (C=O) groups excluding carboxylic acids is 2. The van der Waals surface area contributed by atoms with Crippen LogP contribution in [0, 0.1) is 0 Å². The van der Waals surface area contributed by atoms with E-state index < -0.39 is 18.0 Å². The lowest BCUT2D eigenvalue weighted by molar-refractivity contribution is -0.119. The normalized spacial score (nSPS) is 11.8. The zero-order chi connectivity index (χ0) is 20.3. The SMILES string of the molecule is CCc1ccccc1-c1cc2cc(NC(=O)NC(C)C(N)=O)ncc2c(N)n1. The van der Waals surface area contributed by atoms with Crippen LogP contribution in [0.3, 0.4) is 0 Å². The lowest BCUT2D eigenvalue weighted by Gasteiger charge is -2.12. The third-order valence-corrected chi connectivity index (χ3v) is 4.44. The molecule has 0 radical (unpaired) electrons. The number of amides is 3. The molecule has 144 valence electrons. The van der Waals surface area contributed by atoms with Crippen LogP contribution >= 0.6 is 0 Å². The molecular weight excluding hydrogens is 356 g/mol. The van der Waals surface area contributed by atoms with Crippen molar-refractivity contribution in [1.82, 2.24) is 15.3 Å². The zero-order valence-electron chi connectivity index (χ0n) is 15.7. The number of nitrogen functional groups attached to an aromatic ring is 1. The smallest absolute Gasteiger partial charge is 0.321 e. The van der Waals surface area contributed by atoms with Crippen molar-refractivity contribution in [3.63, 3.8) is 0 Å². The molecule has 8 nitrogen and oxygen atoms in total. The molecule has 3 amide bonds. The molecule has 3 rings (SSSR count). The monoisotopic (exact) mass is 378 g/mol. The van der Waals surface area contributed by atoms with Crippen molar-refractivity contribution in [1.29, 1.82) is 0 Å². The van der Waals surface area contributed by atoms with E-state index in [1.807, 2.05) is 24.3 Å². The summed E-state index contributed by atoms with van der Waals surface area (Å²) in [7, 11) is 0. The summed E-state index contributed by atoms with van der Waals surface area (Å²) in [6.07, 6.45) is 2.43. The number of rotatable bonds is 5. The molecule has 0 saturated heterocycles. The number of hydrogen-bond donors (Lipinski definition) is 4. The molecule has 2 heterocycles. The van der Waals surface area contributed by atoms with Crippen LogP contribution in [-0.2, 0) is 11.2 Å². The highest BCUT2D eigenvalue weighted by atomic mass is 16.2. The van der Waals surface area contributed by atoms with E-state index in [0.717, 1.165) is 23.1 Å². The number of aromatic nitrogens is 2. The Morgan fingerprint density at radius 3 is 2.68 bits per heavy atom. The molecule has 6 N–H and O–H groups in total. The van der Waals surface area contributed by atoms with E-state index in [4.69, 9.17) is 11.5 Å². The van der Waals surface area contributed by atoms with Crippen LogP contribution in [0.4, 0.5) is 16.4 Å². The summed E-state index contributed by atoms with van der Waals surface area (Å²) in [5.41, 5.74) is 14.2. The van der Waals surface area contributed by atoms with Crippen LogP contribution in [0.15, 0.2) is 42.6 Å². The number of aryl methyl sites for hydroxylation is 1. The van der Waals surface area contributed by atoms with Crippen LogP contribution in [0.5, 0.6) is 0 Å². The number of primary amides is 1. The summed E-state index contributed by atoms with van der Waals surface area (Å²) < 4.78 is 0. The summed E-state index contributed by atoms with van der Waals surface area (Å²) in [6.45, 7) is 3.58. The molecule has 0 aliphatic heterocycles. The number of nitrogens with zero attached hydrogens (tertiary/aromatic N) is 2. The summed E-state index contributed by atoms with van der Waals surface area (Å²) in [5.74, 6) is 0.0611. The first-order valence-electron chi connectivity index (χ1n) is 8.90. The Balaban J connectivity index is 1.95. The van der Waals surface area contributed by atoms with Crippen molar-refractivity contribution >= 4 is 34.3 Å². The molecule has 0 saturated carbocycles. The maximum atomic E-state index is 12.0. The van der Waals surface area contributed by atoms with Gasteiger partial charge < -0.3 is 16.8 Å². The summed E-state index contributed by atoms with van der Waals surface area (Å²) in [4.78, 5) is 31.8. The molecular formula is C20H22N6O2. The fourth-order valence-corrected chi connectivity index (χ4v) is 2.88. The van der Waals surface area contributed by atoms with Crippen LogP contribution in [0.2, 0.25) is 0 Å². The maximum absolute atomic E-state index is 12.0. The highest BCUT2D eigenvalue weighted by Crippen LogP contribution is 2.29. The van der Waals surface area contributed by atoms with E-state index in [1.165, 1.54) is 12.5 Å². The number of benzene rings is 1. The largest absolute Gasteiger partial charge is 0.383 e. The number of hydrogen-bond acceptors (Lipinski definition) is 5. The van der Waals surface area contributed by atoms with Gasteiger partial charge in [-0.15, -0.1) is 0 Å². The van der Waals surface area contributed by atoms with E-state index >= 15 is 0 Å². The molecule has 0 aliphatic carbocycles. The highest BCUT2D eigenvalue weighted by Gasteiger charge is 2.14. The van der Waals surface area contributed by atoms with E-state index in [9.17, 15) is 9.59 Å². The standard InChI is InChI=1S/C20H22N6O2/c1-3-12-6-4-5-7-14(12)16-8-13-9-17(23-10-15(13)18(21)25-16)26-20(28)24-11(2)19(22)27/h4-11H,3H2,1-2H3,(H2,21,25)(H2,22,27)(H2,23,24,26,28). The van der Waals surface area contributed by atoms with Crippen molar-refractivity contribution in [2.75, 3.05) is 11.1 Å². The third kappa shape index (κ3) is 4.01. The van der Waals surface area contributed by atoms with E-state index in [0.29, 0.717) is 17.0 Å². The van der Waals surface area contributed by atoms with Crippen molar-refractivity contribution < 1.29 is 9.59 Å². The Morgan fingerprint density at radius 1 is 1.21 bits per heavy atom. The van der Waals surface area contributed by atoms with Crippen LogP contribution in [0.25, 0.3) is 22.0 Å². The Bertz CT molecular complexity index is 1050. The number of urea groups is 1. The van der Waals surface area contributed by atoms with Gasteiger partial charge in [0.15, 0.2) is 0 Å². The van der Waals surface area contributed by atoms with Crippen LogP contribution < -0.4 is 22.1 Å². The highest BCUT2D eigenvalue weighted by molar-refractivity contribution is 5.97. The first kappa shape index (κ1) is 19.1. The minimum absolute atomic E-state index is 0.321. The van der Waals surface area contributed by atoms with Crippen LogP contribution in [-0.4, -0.2) is 27.9 Å². The second-order valence-corrected chi connectivity index (χ2v) is 6.42. The quantitative estimate of drug-likeness (QED) is 0.540. The van der Waals surface area contributed by atoms with Gasteiger partial charge in [0.25, 0.3) is 0 Å². The first-order valence-corrected chi connectivity index (χ1v) is 8.90. The lowest BCUT2D eigenvalue weighted by atomic mass is 10.0. The molecule has 2 aromatic heterocycles. The van der Waals surface area contributed by atoms with Gasteiger partial charge >= 0.3 is 6.03 Å². The van der Waals surface area contributed by atoms with Gasteiger partial charge in [0.1, 0.15) is 17.7 Å². The van der Waals surface area contributed by atoms with Crippen molar-refractivity contribution in [3.8, 4) is 11.3 Å². The van der Waals surface area contributed by atoms with Crippen molar-refractivity contribution in [2.45, 2.75) is 26.3 Å². The van der Waals surface area contributed by atoms with Gasteiger partial charge in [-0.05, 0) is 36.4 Å². The minimum atomic E-state index is -0.794. The summed E-state index contributed by atoms with van der Waals surface area (Å²) in [6, 6.07) is 10.3. The predicted octanol–water partition coefficient (Wildman–Crippen LogP) is 2.44. The number of fused-ring (bicyclic) bond motifs is 1. The number of anilines is 2. The van der Waals surface area contributed by atoms with Crippen molar-refractivity contribution in [2.24, 2.45) is 5.73 Å². The van der Waals surface area contributed by atoms with Gasteiger partial charge in [0.05, 0.1) is 5.69 Å². The Morgan fingerprint density at radius 2 is 1.96 bits per heavy atom. The lowest BCUT2D eigenvalue weighted by Crippen LogP contribution is -2.44. The van der Waals surface area contributed by atoms with Crippen LogP contribution in [0.1, 0.15) is 19.4 Å². The number of pyridine rings is 2. The molecule has 28 heavy (non-hydrogen) atoms. The van der Waals surface area contributed by atoms with Gasteiger partial charge in [-0.1, -0.05) is 31.2 Å². The molecule has 8 heteroatoms. The Labute approximate surface area is 162 Å². The molecule has 1 atom stereocenters. The minimum Gasteiger partial charge on any atom is -0.383 e. The molecule has 0 bridgehead atoms. The van der Waals surface area contributed by atoms with Gasteiger partial charge in [-0.25, -0.2) is 14.8 Å². The fourth-order valence-electron chi connectivity index (χ4n) is 2.88. The second-order valence-electron chi connectivity index (χ2n) is 6.42. The van der Waals surface area contributed by atoms with Gasteiger partial charge in [0.2, 0.25) is 5.91 Å². The van der Waals surface area contributed by atoms with Crippen molar-refractivity contribution in [3.05, 3.63) is 48.2 Å². The zero-order valence-corrected chi connectivity index (χ0v) is 15.7. The third-order valence-electron chi connectivity index (χ3n) is 4.44. The topological polar surface area (TPSA) is 136 Å². The van der Waals surface area contributed by atoms with E-state index in [-0.39, 0.29) is 0 Å². The van der Waals surface area contributed by atoms with Gasteiger partial charge in [-0.3, -0.25) is 10.1 Å². The predicted molar refractivity (Wildman–Crippen MR) is 110 cm³/mol. The Hall–Kier alpha value is -3.68. The second kappa shape index (κ2) is 7.91. The number of nitrogens with two attached hydrogens (primary N) is 2. The van der Waals surface area contributed by atoms with Gasteiger partial charge in [0, 0.05) is 17.1 Å². The van der Waals surface area contributed by atoms with Gasteiger partial charge in [-0.2, -0.15) is 0 Å². The van der Waals surface area contributed by atoms with E-state index in [1.54, 1.807) is 12.3 Å². The average Bonchev–Trinajstić information content (AvgIpc) is 2.67. The molecule has 0 aliphatic rings. The molecule has 3 aromatic rings. The first-order chi connectivity index (χ1) is 13.4. The summed E-state index contributed by atoms with van der Waals surface area (Å²) >= 11 is 0. The molecule has 0 spiro atoms.